The summed E-state index contributed by atoms with van der Waals surface area (Å²) in [5, 5.41) is 3.28. The molecule has 0 aliphatic carbocycles. The van der Waals surface area contributed by atoms with Gasteiger partial charge in [-0.1, -0.05) is 12.1 Å². The number of carbonyl (C=O) groups excluding carboxylic acids is 1. The summed E-state index contributed by atoms with van der Waals surface area (Å²) in [6.07, 6.45) is -0.324. The van der Waals surface area contributed by atoms with Gasteiger partial charge < -0.3 is 30.3 Å². The number of nitrogen functional groups attached to an aromatic ring is 1. The highest BCUT2D eigenvalue weighted by molar-refractivity contribution is 5.69. The van der Waals surface area contributed by atoms with Gasteiger partial charge in [0.2, 0.25) is 5.95 Å². The van der Waals surface area contributed by atoms with E-state index in [0.717, 1.165) is 17.1 Å². The van der Waals surface area contributed by atoms with E-state index in [1.165, 1.54) is 0 Å². The molecule has 1 aromatic heterocycles. The van der Waals surface area contributed by atoms with Crippen LogP contribution in [-0.2, 0) is 11.3 Å². The van der Waals surface area contributed by atoms with Crippen LogP contribution in [0.25, 0.3) is 0 Å². The molecule has 0 spiro atoms. The van der Waals surface area contributed by atoms with Crippen LogP contribution in [-0.4, -0.2) is 59.9 Å². The van der Waals surface area contributed by atoms with Gasteiger partial charge in [-0.2, -0.15) is 9.97 Å². The Balaban J connectivity index is 1.59. The Bertz CT molecular complexity index is 893. The average Bonchev–Trinajstić information content (AvgIpc) is 2.63. The number of methoxy groups -OCH3 is 1. The number of benzene rings is 1. The van der Waals surface area contributed by atoms with E-state index in [-0.39, 0.29) is 18.1 Å². The third-order valence-corrected chi connectivity index (χ3v) is 4.75. The molecule has 0 radical (unpaired) electrons. The van der Waals surface area contributed by atoms with Crippen LogP contribution in [0.15, 0.2) is 30.3 Å². The fourth-order valence-electron chi connectivity index (χ4n) is 3.05. The number of ether oxygens (including phenoxy) is 2. The molecule has 3 rings (SSSR count). The number of amides is 1. The second kappa shape index (κ2) is 8.64. The summed E-state index contributed by atoms with van der Waals surface area (Å²) >= 11 is 0. The second-order valence-corrected chi connectivity index (χ2v) is 8.32. The summed E-state index contributed by atoms with van der Waals surface area (Å²) in [6.45, 7) is 7.46. The maximum absolute atomic E-state index is 12.2. The molecule has 1 amide bonds. The van der Waals surface area contributed by atoms with Crippen molar-refractivity contribution in [3.8, 4) is 5.75 Å². The van der Waals surface area contributed by atoms with E-state index in [0.29, 0.717) is 25.5 Å². The summed E-state index contributed by atoms with van der Waals surface area (Å²) in [5.41, 5.74) is 6.46. The smallest absolute Gasteiger partial charge is 0.410 e. The number of rotatable bonds is 6. The normalized spacial score (nSPS) is 14.1. The Kier molecular flexibility index (Phi) is 6.19. The van der Waals surface area contributed by atoms with E-state index in [2.05, 4.69) is 20.2 Å². The topological polar surface area (TPSA) is 106 Å². The van der Waals surface area contributed by atoms with Gasteiger partial charge in [0.1, 0.15) is 23.0 Å². The largest absolute Gasteiger partial charge is 0.497 e. The molecule has 9 nitrogen and oxygen atoms in total. The number of nitrogens with zero attached hydrogens (tertiary/aromatic N) is 4. The predicted molar refractivity (Wildman–Crippen MR) is 117 cm³/mol. The molecule has 0 bridgehead atoms. The molecule has 0 atom stereocenters. The number of nitrogens with one attached hydrogen (secondary N) is 1. The van der Waals surface area contributed by atoms with Crippen LogP contribution in [0.5, 0.6) is 5.75 Å². The van der Waals surface area contributed by atoms with Crippen LogP contribution < -0.4 is 20.7 Å². The van der Waals surface area contributed by atoms with Gasteiger partial charge in [0.15, 0.2) is 0 Å². The van der Waals surface area contributed by atoms with Crippen LogP contribution in [0, 0.1) is 0 Å². The first-order chi connectivity index (χ1) is 14.1. The van der Waals surface area contributed by atoms with E-state index < -0.39 is 5.60 Å². The van der Waals surface area contributed by atoms with Gasteiger partial charge in [0.05, 0.1) is 13.2 Å². The number of hydrogen-bond acceptors (Lipinski definition) is 8. The molecular formula is C21H30N6O3. The number of anilines is 3. The summed E-state index contributed by atoms with van der Waals surface area (Å²) in [4.78, 5) is 24.5. The Hall–Kier alpha value is -3.23. The molecule has 2 aromatic rings. The highest BCUT2D eigenvalue weighted by atomic mass is 16.6. The van der Waals surface area contributed by atoms with Gasteiger partial charge >= 0.3 is 6.09 Å². The maximum Gasteiger partial charge on any atom is 0.410 e. The van der Waals surface area contributed by atoms with Crippen molar-refractivity contribution in [1.82, 2.24) is 14.9 Å². The zero-order valence-electron chi connectivity index (χ0n) is 18.2. The molecule has 1 saturated heterocycles. The molecular weight excluding hydrogens is 384 g/mol. The minimum Gasteiger partial charge on any atom is -0.497 e. The van der Waals surface area contributed by atoms with E-state index in [1.54, 1.807) is 19.1 Å². The van der Waals surface area contributed by atoms with Crippen LogP contribution in [0.3, 0.4) is 0 Å². The number of carbonyl (C=O) groups is 1. The standard InChI is InChI=1S/C21H30N6O3/c1-21(2,3)30-20(28)26(4)15-12-27(13-15)18-10-17(24-19(22)25-18)23-11-14-7-6-8-16(9-14)29-5/h6-10,15H,11-13H2,1-5H3,(H3,22,23,24,25). The zero-order valence-corrected chi connectivity index (χ0v) is 18.2. The van der Waals surface area contributed by atoms with Crippen molar-refractivity contribution in [1.29, 1.82) is 0 Å². The maximum atomic E-state index is 12.2. The molecule has 1 aliphatic heterocycles. The summed E-state index contributed by atoms with van der Waals surface area (Å²) in [6, 6.07) is 9.73. The monoisotopic (exact) mass is 414 g/mol. The predicted octanol–water partition coefficient (Wildman–Crippen LogP) is 2.74. The Morgan fingerprint density at radius 3 is 2.70 bits per heavy atom. The Labute approximate surface area is 177 Å². The molecule has 9 heteroatoms. The molecule has 2 heterocycles. The molecule has 3 N–H and O–H groups in total. The first-order valence-corrected chi connectivity index (χ1v) is 9.87. The first-order valence-electron chi connectivity index (χ1n) is 9.87. The average molecular weight is 415 g/mol. The highest BCUT2D eigenvalue weighted by Gasteiger charge is 2.35. The molecule has 1 aliphatic rings. The van der Waals surface area contributed by atoms with Crippen molar-refractivity contribution in [2.45, 2.75) is 39.0 Å². The van der Waals surface area contributed by atoms with Crippen molar-refractivity contribution >= 4 is 23.7 Å². The molecule has 1 fully saturated rings. The molecule has 30 heavy (non-hydrogen) atoms. The van der Waals surface area contributed by atoms with Gasteiger partial charge in [0.25, 0.3) is 0 Å². The zero-order chi connectivity index (χ0) is 21.9. The second-order valence-electron chi connectivity index (χ2n) is 8.32. The lowest BCUT2D eigenvalue weighted by molar-refractivity contribution is 0.0196. The van der Waals surface area contributed by atoms with Crippen LogP contribution in [0.4, 0.5) is 22.4 Å². The highest BCUT2D eigenvalue weighted by Crippen LogP contribution is 2.25. The van der Waals surface area contributed by atoms with E-state index >= 15 is 0 Å². The van der Waals surface area contributed by atoms with Gasteiger partial charge in [-0.25, -0.2) is 4.79 Å². The van der Waals surface area contributed by atoms with E-state index in [1.807, 2.05) is 51.1 Å². The number of nitrogens with two attached hydrogens (primary N) is 1. The quantitative estimate of drug-likeness (QED) is 0.743. The SMILES string of the molecule is COc1cccc(CNc2cc(N3CC(N(C)C(=O)OC(C)(C)C)C3)nc(N)n2)c1. The Morgan fingerprint density at radius 1 is 1.30 bits per heavy atom. The fourth-order valence-corrected chi connectivity index (χ4v) is 3.05. The molecule has 0 saturated carbocycles. The van der Waals surface area contributed by atoms with Gasteiger partial charge in [-0.05, 0) is 38.5 Å². The molecule has 0 unspecified atom stereocenters. The fraction of sp³-hybridized carbons (Fsp3) is 0.476. The number of likely N-dealkylation sites (N-methyl/N-ethyl adjacent to an activating group) is 1. The van der Waals surface area contributed by atoms with Crippen molar-refractivity contribution < 1.29 is 14.3 Å². The Morgan fingerprint density at radius 2 is 2.03 bits per heavy atom. The van der Waals surface area contributed by atoms with E-state index in [4.69, 9.17) is 15.2 Å². The summed E-state index contributed by atoms with van der Waals surface area (Å²) in [5.74, 6) is 2.37. The van der Waals surface area contributed by atoms with Gasteiger partial charge in [-0.15, -0.1) is 0 Å². The summed E-state index contributed by atoms with van der Waals surface area (Å²) in [7, 11) is 3.40. The van der Waals surface area contributed by atoms with Crippen molar-refractivity contribution in [2.24, 2.45) is 0 Å². The lowest BCUT2D eigenvalue weighted by atomic mass is 10.1. The molecule has 162 valence electrons. The third kappa shape index (κ3) is 5.43. The minimum atomic E-state index is -0.515. The number of aromatic nitrogens is 2. The van der Waals surface area contributed by atoms with Crippen molar-refractivity contribution in [2.75, 3.05) is 43.2 Å². The van der Waals surface area contributed by atoms with Gasteiger partial charge in [-0.3, -0.25) is 0 Å². The number of hydrogen-bond donors (Lipinski definition) is 2. The minimum absolute atomic E-state index is 0.0595. The molecule has 1 aromatic carbocycles. The van der Waals surface area contributed by atoms with Gasteiger partial charge in [0, 0.05) is 32.7 Å². The lowest BCUT2D eigenvalue weighted by Gasteiger charge is -2.44. The summed E-state index contributed by atoms with van der Waals surface area (Å²) < 4.78 is 10.7. The van der Waals surface area contributed by atoms with Crippen LogP contribution in [0.1, 0.15) is 26.3 Å². The van der Waals surface area contributed by atoms with Crippen molar-refractivity contribution in [3.63, 3.8) is 0 Å². The third-order valence-electron chi connectivity index (χ3n) is 4.75. The van der Waals surface area contributed by atoms with Crippen molar-refractivity contribution in [3.05, 3.63) is 35.9 Å². The lowest BCUT2D eigenvalue weighted by Crippen LogP contribution is -2.60. The van der Waals surface area contributed by atoms with E-state index in [9.17, 15) is 4.79 Å². The van der Waals surface area contributed by atoms with Crippen LogP contribution in [0.2, 0.25) is 0 Å². The first kappa shape index (κ1) is 21.5. The van der Waals surface area contributed by atoms with Crippen LogP contribution >= 0.6 is 0 Å².